The maximum Gasteiger partial charge on any atom is 0.344 e. The molecule has 0 atom stereocenters. The van der Waals surface area contributed by atoms with Gasteiger partial charge >= 0.3 is 17.9 Å². The summed E-state index contributed by atoms with van der Waals surface area (Å²) in [6.07, 6.45) is 1.34. The number of carbonyl (C=O) groups excluding carboxylic acids is 4. The minimum Gasteiger partial charge on any atom is -0.468 e. The van der Waals surface area contributed by atoms with Gasteiger partial charge in [0.2, 0.25) is 5.41 Å². The second-order valence-electron chi connectivity index (χ2n) is 7.59. The van der Waals surface area contributed by atoms with Crippen LogP contribution in [-0.2, 0) is 38.8 Å². The van der Waals surface area contributed by atoms with Crippen molar-refractivity contribution in [2.24, 2.45) is 0 Å². The average Bonchev–Trinajstić information content (AvgIpc) is 3.14. The summed E-state index contributed by atoms with van der Waals surface area (Å²) in [6, 6.07) is 13.7. The zero-order valence-electron chi connectivity index (χ0n) is 18.5. The monoisotopic (exact) mass is 447 g/mol. The lowest BCUT2D eigenvalue weighted by atomic mass is 9.75. The molecule has 8 heteroatoms. The van der Waals surface area contributed by atoms with E-state index >= 15 is 0 Å². The number of ether oxygens (including phenoxy) is 3. The first-order valence-electron chi connectivity index (χ1n) is 10.1. The standard InChI is InChI=1S/C25H21NO7/c1-14-10-11-17-16(12-14)25(23(29)32-3,24(30)33-4)13-18-19(15-8-6-5-7-9-15)20(22(28)31-2)21(27)26(17)18/h5-13H,1-4H3. The Morgan fingerprint density at radius 1 is 0.879 bits per heavy atom. The number of fused-ring (bicyclic) bond motifs is 3. The van der Waals surface area contributed by atoms with Crippen molar-refractivity contribution < 1.29 is 33.4 Å². The summed E-state index contributed by atoms with van der Waals surface area (Å²) in [4.78, 5) is 53.9. The van der Waals surface area contributed by atoms with Crippen molar-refractivity contribution in [3.8, 4) is 0 Å². The van der Waals surface area contributed by atoms with Crippen molar-refractivity contribution in [2.45, 2.75) is 12.3 Å². The fourth-order valence-electron chi connectivity index (χ4n) is 4.32. The Morgan fingerprint density at radius 3 is 2.09 bits per heavy atom. The molecule has 0 saturated heterocycles. The van der Waals surface area contributed by atoms with Gasteiger partial charge in [0.1, 0.15) is 5.57 Å². The van der Waals surface area contributed by atoms with Gasteiger partial charge in [-0.05, 0) is 24.6 Å². The molecule has 0 unspecified atom stereocenters. The predicted molar refractivity (Wildman–Crippen MR) is 118 cm³/mol. The highest BCUT2D eigenvalue weighted by Crippen LogP contribution is 2.50. The van der Waals surface area contributed by atoms with E-state index in [0.29, 0.717) is 5.56 Å². The van der Waals surface area contributed by atoms with Crippen LogP contribution >= 0.6 is 0 Å². The Balaban J connectivity index is 2.14. The molecule has 0 aromatic heterocycles. The number of aryl methyl sites for hydroxylation is 1. The number of carbonyl (C=O) groups is 4. The molecule has 8 nitrogen and oxygen atoms in total. The molecular weight excluding hydrogens is 426 g/mol. The number of allylic oxidation sites excluding steroid dienone is 1. The van der Waals surface area contributed by atoms with Gasteiger partial charge in [0.15, 0.2) is 0 Å². The third-order valence-corrected chi connectivity index (χ3v) is 5.80. The predicted octanol–water partition coefficient (Wildman–Crippen LogP) is 2.45. The second kappa shape index (κ2) is 8.05. The van der Waals surface area contributed by atoms with Gasteiger partial charge in [0.25, 0.3) is 5.91 Å². The molecule has 0 bridgehead atoms. The molecule has 2 aliphatic heterocycles. The van der Waals surface area contributed by atoms with E-state index in [-0.39, 0.29) is 28.1 Å². The van der Waals surface area contributed by atoms with Crippen molar-refractivity contribution in [1.29, 1.82) is 0 Å². The maximum atomic E-state index is 13.6. The van der Waals surface area contributed by atoms with Gasteiger partial charge in [-0.2, -0.15) is 0 Å². The normalized spacial score (nSPS) is 15.9. The molecule has 2 aromatic carbocycles. The van der Waals surface area contributed by atoms with Crippen molar-refractivity contribution in [2.75, 3.05) is 26.2 Å². The number of rotatable bonds is 4. The van der Waals surface area contributed by atoms with Crippen LogP contribution in [0.3, 0.4) is 0 Å². The first-order chi connectivity index (χ1) is 15.8. The molecule has 0 radical (unpaired) electrons. The van der Waals surface area contributed by atoms with Gasteiger partial charge in [-0.3, -0.25) is 19.3 Å². The fourth-order valence-corrected chi connectivity index (χ4v) is 4.32. The SMILES string of the molecule is COC(=O)C1=C(c2ccccc2)C2=CC(C(=O)OC)(C(=O)OC)c3cc(C)ccc3N2C1=O. The summed E-state index contributed by atoms with van der Waals surface area (Å²) < 4.78 is 15.0. The molecule has 2 aromatic rings. The molecule has 0 saturated carbocycles. The Morgan fingerprint density at radius 2 is 1.52 bits per heavy atom. The maximum absolute atomic E-state index is 13.6. The van der Waals surface area contributed by atoms with E-state index < -0.39 is 29.2 Å². The number of benzene rings is 2. The van der Waals surface area contributed by atoms with Gasteiger partial charge in [0, 0.05) is 11.1 Å². The van der Waals surface area contributed by atoms with Crippen LogP contribution in [0.15, 0.2) is 65.9 Å². The van der Waals surface area contributed by atoms with Crippen molar-refractivity contribution >= 4 is 35.1 Å². The molecule has 2 heterocycles. The Kier molecular flexibility index (Phi) is 5.37. The summed E-state index contributed by atoms with van der Waals surface area (Å²) >= 11 is 0. The highest BCUT2D eigenvalue weighted by molar-refractivity contribution is 6.35. The van der Waals surface area contributed by atoms with E-state index in [1.807, 2.05) is 0 Å². The fraction of sp³-hybridized carbons (Fsp3) is 0.200. The first kappa shape index (κ1) is 22.0. The highest BCUT2D eigenvalue weighted by atomic mass is 16.5. The molecule has 0 aliphatic carbocycles. The smallest absolute Gasteiger partial charge is 0.344 e. The van der Waals surface area contributed by atoms with Gasteiger partial charge in [-0.1, -0.05) is 48.0 Å². The van der Waals surface area contributed by atoms with Gasteiger partial charge in [-0.15, -0.1) is 0 Å². The van der Waals surface area contributed by atoms with Crippen LogP contribution in [0.25, 0.3) is 5.57 Å². The van der Waals surface area contributed by atoms with Crippen molar-refractivity contribution in [3.05, 3.63) is 82.6 Å². The summed E-state index contributed by atoms with van der Waals surface area (Å²) in [5.74, 6) is -3.20. The van der Waals surface area contributed by atoms with E-state index in [1.165, 1.54) is 32.3 Å². The number of anilines is 1. The summed E-state index contributed by atoms with van der Waals surface area (Å²) in [5, 5.41) is 0. The van der Waals surface area contributed by atoms with E-state index in [2.05, 4.69) is 0 Å². The number of hydrogen-bond donors (Lipinski definition) is 0. The summed E-state index contributed by atoms with van der Waals surface area (Å²) in [6.45, 7) is 1.79. The van der Waals surface area contributed by atoms with Gasteiger partial charge < -0.3 is 14.2 Å². The van der Waals surface area contributed by atoms with E-state index in [9.17, 15) is 19.2 Å². The van der Waals surface area contributed by atoms with Crippen LogP contribution in [0, 0.1) is 6.92 Å². The topological polar surface area (TPSA) is 99.2 Å². The molecule has 0 N–H and O–H groups in total. The molecule has 2 aliphatic rings. The quantitative estimate of drug-likeness (QED) is 0.307. The summed E-state index contributed by atoms with van der Waals surface area (Å²) in [5.41, 5.74) is 0.0329. The van der Waals surface area contributed by atoms with Crippen LogP contribution in [0.2, 0.25) is 0 Å². The number of esters is 3. The van der Waals surface area contributed by atoms with E-state index in [1.54, 1.807) is 55.5 Å². The Labute approximate surface area is 190 Å². The zero-order valence-corrected chi connectivity index (χ0v) is 18.5. The third kappa shape index (κ3) is 3.06. The largest absolute Gasteiger partial charge is 0.468 e. The minimum atomic E-state index is -1.98. The lowest BCUT2D eigenvalue weighted by Crippen LogP contribution is -2.48. The molecule has 168 valence electrons. The third-order valence-electron chi connectivity index (χ3n) is 5.80. The molecule has 0 fully saturated rings. The van der Waals surface area contributed by atoms with Crippen LogP contribution in [0.1, 0.15) is 16.7 Å². The number of hydrogen-bond acceptors (Lipinski definition) is 7. The average molecular weight is 447 g/mol. The number of nitrogens with zero attached hydrogens (tertiary/aromatic N) is 1. The van der Waals surface area contributed by atoms with Crippen LogP contribution in [0.4, 0.5) is 5.69 Å². The van der Waals surface area contributed by atoms with Crippen LogP contribution < -0.4 is 4.90 Å². The molecule has 4 rings (SSSR count). The summed E-state index contributed by atoms with van der Waals surface area (Å²) in [7, 11) is 3.52. The van der Waals surface area contributed by atoms with Crippen molar-refractivity contribution in [3.63, 3.8) is 0 Å². The highest BCUT2D eigenvalue weighted by Gasteiger charge is 2.56. The van der Waals surface area contributed by atoms with Crippen LogP contribution in [-0.4, -0.2) is 45.1 Å². The number of methoxy groups -OCH3 is 3. The molecular formula is C25H21NO7. The molecule has 0 spiro atoms. The minimum absolute atomic E-state index is 0.193. The first-order valence-corrected chi connectivity index (χ1v) is 10.1. The Hall–Kier alpha value is -4.20. The zero-order chi connectivity index (χ0) is 23.9. The molecule has 33 heavy (non-hydrogen) atoms. The second-order valence-corrected chi connectivity index (χ2v) is 7.59. The van der Waals surface area contributed by atoms with Crippen molar-refractivity contribution in [1.82, 2.24) is 0 Å². The lowest BCUT2D eigenvalue weighted by Gasteiger charge is -2.36. The van der Waals surface area contributed by atoms with Crippen LogP contribution in [0.5, 0.6) is 0 Å². The van der Waals surface area contributed by atoms with Gasteiger partial charge in [0.05, 0.1) is 32.7 Å². The lowest BCUT2D eigenvalue weighted by molar-refractivity contribution is -0.159. The van der Waals surface area contributed by atoms with Gasteiger partial charge in [-0.25, -0.2) is 4.79 Å². The molecule has 1 amide bonds. The van der Waals surface area contributed by atoms with E-state index in [4.69, 9.17) is 14.2 Å². The number of amides is 1. The Bertz CT molecular complexity index is 1240. The van der Waals surface area contributed by atoms with E-state index in [0.717, 1.165) is 5.56 Å².